The number of nitro benzene ring substituents is 1. The topological polar surface area (TPSA) is 102 Å². The highest BCUT2D eigenvalue weighted by molar-refractivity contribution is 6.00. The molecule has 2 amide bonds. The summed E-state index contributed by atoms with van der Waals surface area (Å²) in [7, 11) is 0. The van der Waals surface area contributed by atoms with Gasteiger partial charge in [-0.2, -0.15) is 0 Å². The van der Waals surface area contributed by atoms with Gasteiger partial charge in [0.15, 0.2) is 0 Å². The van der Waals surface area contributed by atoms with Gasteiger partial charge in [-0.05, 0) is 43.9 Å². The summed E-state index contributed by atoms with van der Waals surface area (Å²) >= 11 is 0. The average molecular weight is 440 g/mol. The number of benzene rings is 2. The Hall–Kier alpha value is -3.42. The molecule has 32 heavy (non-hydrogen) atoms. The molecule has 1 N–H and O–H groups in total. The predicted molar refractivity (Wildman–Crippen MR) is 123 cm³/mol. The largest absolute Gasteiger partial charge is 0.490 e. The summed E-state index contributed by atoms with van der Waals surface area (Å²) in [6.45, 7) is 8.83. The number of non-ortho nitro benzene ring substituents is 1. The second-order valence-corrected chi connectivity index (χ2v) is 9.14. The molecule has 0 aliphatic carbocycles. The number of ether oxygens (including phenoxy) is 1. The van der Waals surface area contributed by atoms with Crippen LogP contribution in [0.2, 0.25) is 0 Å². The van der Waals surface area contributed by atoms with Gasteiger partial charge in [0.25, 0.3) is 5.69 Å². The van der Waals surface area contributed by atoms with Crippen LogP contribution in [-0.2, 0) is 16.0 Å². The first-order chi connectivity index (χ1) is 15.1. The highest BCUT2D eigenvalue weighted by Crippen LogP contribution is 2.38. The third-order valence-corrected chi connectivity index (χ3v) is 5.39. The summed E-state index contributed by atoms with van der Waals surface area (Å²) in [6, 6.07) is 11.2. The first kappa shape index (κ1) is 23.2. The standard InChI is InChI=1S/C24H29N3O5/c1-16(2)11-12-26-20-10-7-18(14-21(20)32-15-24(3,4)23(26)29)25-22(28)13-17-5-8-19(9-6-17)27(30)31/h5-10,14,16H,11-13,15H2,1-4H3,(H,25,28). The predicted octanol–water partition coefficient (Wildman–Crippen LogP) is 4.57. The van der Waals surface area contributed by atoms with Gasteiger partial charge in [-0.15, -0.1) is 0 Å². The van der Waals surface area contributed by atoms with Crippen molar-refractivity contribution >= 4 is 28.9 Å². The van der Waals surface area contributed by atoms with Crippen LogP contribution in [0.4, 0.5) is 17.1 Å². The summed E-state index contributed by atoms with van der Waals surface area (Å²) in [5, 5.41) is 13.6. The van der Waals surface area contributed by atoms with E-state index in [1.165, 1.54) is 12.1 Å². The molecule has 2 aromatic rings. The lowest BCUT2D eigenvalue weighted by atomic mass is 9.92. The number of hydrogen-bond acceptors (Lipinski definition) is 5. The van der Waals surface area contributed by atoms with Crippen LogP contribution in [0.3, 0.4) is 0 Å². The number of rotatable bonds is 7. The van der Waals surface area contributed by atoms with E-state index < -0.39 is 10.3 Å². The fourth-order valence-electron chi connectivity index (χ4n) is 3.46. The quantitative estimate of drug-likeness (QED) is 0.503. The van der Waals surface area contributed by atoms with Crippen molar-refractivity contribution in [1.82, 2.24) is 0 Å². The molecule has 0 unspecified atom stereocenters. The van der Waals surface area contributed by atoms with Gasteiger partial charge in [0.05, 0.1) is 22.4 Å². The van der Waals surface area contributed by atoms with Crippen LogP contribution in [0.25, 0.3) is 0 Å². The molecule has 1 heterocycles. The minimum atomic E-state index is -0.657. The van der Waals surface area contributed by atoms with E-state index in [0.29, 0.717) is 35.2 Å². The van der Waals surface area contributed by atoms with Gasteiger partial charge in [-0.1, -0.05) is 26.0 Å². The summed E-state index contributed by atoms with van der Waals surface area (Å²) in [4.78, 5) is 37.7. The van der Waals surface area contributed by atoms with E-state index in [1.54, 1.807) is 35.2 Å². The Morgan fingerprint density at radius 3 is 2.53 bits per heavy atom. The molecule has 0 fully saturated rings. The van der Waals surface area contributed by atoms with Crippen molar-refractivity contribution in [3.05, 3.63) is 58.1 Å². The lowest BCUT2D eigenvalue weighted by molar-refractivity contribution is -0.384. The zero-order chi connectivity index (χ0) is 23.5. The first-order valence-electron chi connectivity index (χ1n) is 10.7. The Kier molecular flexibility index (Phi) is 6.81. The van der Waals surface area contributed by atoms with Crippen molar-refractivity contribution in [2.75, 3.05) is 23.4 Å². The maximum Gasteiger partial charge on any atom is 0.269 e. The normalized spacial score (nSPS) is 15.0. The number of nitro groups is 1. The van der Waals surface area contributed by atoms with Gasteiger partial charge >= 0.3 is 0 Å². The molecule has 8 nitrogen and oxygen atoms in total. The van der Waals surface area contributed by atoms with Crippen molar-refractivity contribution in [1.29, 1.82) is 0 Å². The fourth-order valence-corrected chi connectivity index (χ4v) is 3.46. The molecule has 1 aliphatic heterocycles. The van der Waals surface area contributed by atoms with Gasteiger partial charge in [-0.25, -0.2) is 0 Å². The van der Waals surface area contributed by atoms with Crippen LogP contribution in [0.15, 0.2) is 42.5 Å². The molecule has 0 saturated heterocycles. The van der Waals surface area contributed by atoms with Gasteiger partial charge in [-0.3, -0.25) is 19.7 Å². The number of amides is 2. The minimum Gasteiger partial charge on any atom is -0.490 e. The fraction of sp³-hybridized carbons (Fsp3) is 0.417. The number of hydrogen-bond donors (Lipinski definition) is 1. The maximum atomic E-state index is 13.1. The summed E-state index contributed by atoms with van der Waals surface area (Å²) < 4.78 is 5.97. The lowest BCUT2D eigenvalue weighted by Gasteiger charge is -2.28. The van der Waals surface area contributed by atoms with E-state index in [-0.39, 0.29) is 30.5 Å². The molecule has 0 saturated carbocycles. The molecular formula is C24H29N3O5. The van der Waals surface area contributed by atoms with Crippen molar-refractivity contribution in [2.45, 2.75) is 40.5 Å². The Labute approximate surface area is 187 Å². The first-order valence-corrected chi connectivity index (χ1v) is 10.7. The van der Waals surface area contributed by atoms with Gasteiger partial charge in [0.2, 0.25) is 11.8 Å². The van der Waals surface area contributed by atoms with E-state index in [2.05, 4.69) is 19.2 Å². The number of fused-ring (bicyclic) bond motifs is 1. The number of nitrogens with zero attached hydrogens (tertiary/aromatic N) is 2. The number of carbonyl (C=O) groups excluding carboxylic acids is 2. The van der Waals surface area contributed by atoms with Crippen LogP contribution < -0.4 is 15.0 Å². The highest BCUT2D eigenvalue weighted by Gasteiger charge is 2.37. The lowest BCUT2D eigenvalue weighted by Crippen LogP contribution is -2.42. The molecule has 0 atom stereocenters. The van der Waals surface area contributed by atoms with E-state index in [9.17, 15) is 19.7 Å². The number of anilines is 2. The molecule has 0 spiro atoms. The minimum absolute atomic E-state index is 0.0171. The smallest absolute Gasteiger partial charge is 0.269 e. The molecule has 3 rings (SSSR count). The van der Waals surface area contributed by atoms with Crippen molar-refractivity contribution in [3.8, 4) is 5.75 Å². The monoisotopic (exact) mass is 439 g/mol. The third kappa shape index (κ3) is 5.43. The van der Waals surface area contributed by atoms with Crippen LogP contribution >= 0.6 is 0 Å². The van der Waals surface area contributed by atoms with Gasteiger partial charge < -0.3 is 15.0 Å². The Balaban J connectivity index is 1.76. The Morgan fingerprint density at radius 2 is 1.91 bits per heavy atom. The van der Waals surface area contributed by atoms with Crippen LogP contribution in [0.5, 0.6) is 5.75 Å². The van der Waals surface area contributed by atoms with E-state index >= 15 is 0 Å². The van der Waals surface area contributed by atoms with E-state index in [4.69, 9.17) is 4.74 Å². The summed E-state index contributed by atoms with van der Waals surface area (Å²) in [5.74, 6) is 0.782. The zero-order valence-electron chi connectivity index (χ0n) is 18.9. The van der Waals surface area contributed by atoms with Crippen molar-refractivity contribution in [3.63, 3.8) is 0 Å². The van der Waals surface area contributed by atoms with Crippen LogP contribution in [0, 0.1) is 21.4 Å². The third-order valence-electron chi connectivity index (χ3n) is 5.39. The molecule has 1 aliphatic rings. The molecule has 8 heteroatoms. The molecule has 0 aromatic heterocycles. The summed E-state index contributed by atoms with van der Waals surface area (Å²) in [6.07, 6.45) is 0.955. The van der Waals surface area contributed by atoms with Gasteiger partial charge in [0.1, 0.15) is 12.4 Å². The maximum absolute atomic E-state index is 13.1. The van der Waals surface area contributed by atoms with Gasteiger partial charge in [0, 0.05) is 30.4 Å². The SMILES string of the molecule is CC(C)CCN1C(=O)C(C)(C)COc2cc(NC(=O)Cc3ccc([N+](=O)[O-])cc3)ccc21. The van der Waals surface area contributed by atoms with E-state index in [0.717, 1.165) is 6.42 Å². The second-order valence-electron chi connectivity index (χ2n) is 9.14. The molecular weight excluding hydrogens is 410 g/mol. The molecule has 2 aromatic carbocycles. The second kappa shape index (κ2) is 9.38. The zero-order valence-corrected chi connectivity index (χ0v) is 18.9. The van der Waals surface area contributed by atoms with Crippen molar-refractivity contribution in [2.24, 2.45) is 11.3 Å². The van der Waals surface area contributed by atoms with E-state index in [1.807, 2.05) is 13.8 Å². The number of nitrogens with one attached hydrogen (secondary N) is 1. The Morgan fingerprint density at radius 1 is 1.22 bits per heavy atom. The average Bonchev–Trinajstić information content (AvgIpc) is 2.81. The van der Waals surface area contributed by atoms with Crippen LogP contribution in [-0.4, -0.2) is 29.9 Å². The Bertz CT molecular complexity index is 1010. The number of carbonyl (C=O) groups is 2. The molecule has 0 radical (unpaired) electrons. The molecule has 170 valence electrons. The molecule has 0 bridgehead atoms. The van der Waals surface area contributed by atoms with Crippen molar-refractivity contribution < 1.29 is 19.2 Å². The van der Waals surface area contributed by atoms with Crippen LogP contribution in [0.1, 0.15) is 39.7 Å². The summed E-state index contributed by atoms with van der Waals surface area (Å²) in [5.41, 5.74) is 1.26. The highest BCUT2D eigenvalue weighted by atomic mass is 16.6.